The van der Waals surface area contributed by atoms with Crippen molar-refractivity contribution in [2.24, 2.45) is 0 Å². The third kappa shape index (κ3) is 1.64. The second-order valence-corrected chi connectivity index (χ2v) is 2.36. The molecule has 1 aromatic rings. The van der Waals surface area contributed by atoms with E-state index >= 15 is 0 Å². The smallest absolute Gasteiger partial charge is 0.0560 e. The standard InChI is InChI=1S/C8H6IN/c1-2-7-4-3-5-8(6-7)10-9/h1,3-6,10H. The number of anilines is 1. The molecule has 50 valence electrons. The van der Waals surface area contributed by atoms with Gasteiger partial charge in [-0.3, -0.25) is 0 Å². The molecule has 10 heavy (non-hydrogen) atoms. The van der Waals surface area contributed by atoms with Gasteiger partial charge >= 0.3 is 0 Å². The van der Waals surface area contributed by atoms with Crippen LogP contribution in [0.2, 0.25) is 0 Å². The molecule has 1 rings (SSSR count). The second-order valence-electron chi connectivity index (χ2n) is 1.82. The fourth-order valence-corrected chi connectivity index (χ4v) is 1.00. The molecular formula is C8H6IN. The van der Waals surface area contributed by atoms with Gasteiger partial charge in [0, 0.05) is 11.3 Å². The first-order valence-electron chi connectivity index (χ1n) is 2.80. The Labute approximate surface area is 74.3 Å². The molecule has 1 nitrogen and oxygen atoms in total. The molecular weight excluding hydrogens is 237 g/mol. The van der Waals surface area contributed by atoms with Crippen LogP contribution in [0.3, 0.4) is 0 Å². The first kappa shape index (κ1) is 7.42. The van der Waals surface area contributed by atoms with Crippen LogP contribution in [-0.4, -0.2) is 0 Å². The minimum atomic E-state index is 0.904. The van der Waals surface area contributed by atoms with Gasteiger partial charge in [-0.25, -0.2) is 0 Å². The van der Waals surface area contributed by atoms with Gasteiger partial charge in [0.2, 0.25) is 0 Å². The zero-order valence-corrected chi connectivity index (χ0v) is 7.42. The van der Waals surface area contributed by atoms with E-state index in [9.17, 15) is 0 Å². The van der Waals surface area contributed by atoms with Crippen molar-refractivity contribution < 1.29 is 0 Å². The molecule has 0 unspecified atom stereocenters. The number of rotatable bonds is 1. The molecule has 0 heterocycles. The molecule has 0 aromatic heterocycles. The van der Waals surface area contributed by atoms with Crippen molar-refractivity contribution in [2.45, 2.75) is 0 Å². The fourth-order valence-electron chi connectivity index (χ4n) is 0.668. The predicted octanol–water partition coefficient (Wildman–Crippen LogP) is 2.43. The van der Waals surface area contributed by atoms with Gasteiger partial charge in [0.25, 0.3) is 0 Å². The van der Waals surface area contributed by atoms with E-state index in [4.69, 9.17) is 6.42 Å². The van der Waals surface area contributed by atoms with Crippen LogP contribution in [0.5, 0.6) is 0 Å². The van der Waals surface area contributed by atoms with Crippen LogP contribution in [0.15, 0.2) is 24.3 Å². The summed E-state index contributed by atoms with van der Waals surface area (Å²) in [5.74, 6) is 2.56. The van der Waals surface area contributed by atoms with E-state index in [1.54, 1.807) is 0 Å². The Hall–Kier alpha value is -0.690. The minimum Gasteiger partial charge on any atom is -0.328 e. The molecule has 1 N–H and O–H groups in total. The number of nitrogens with one attached hydrogen (secondary N) is 1. The lowest BCUT2D eigenvalue weighted by Crippen LogP contribution is -1.79. The molecule has 0 aliphatic heterocycles. The lowest BCUT2D eigenvalue weighted by Gasteiger charge is -1.96. The SMILES string of the molecule is C#Cc1cccc(NI)c1. The Balaban J connectivity index is 3.01. The van der Waals surface area contributed by atoms with Crippen LogP contribution in [-0.2, 0) is 0 Å². The highest BCUT2D eigenvalue weighted by Crippen LogP contribution is 2.10. The Morgan fingerprint density at radius 2 is 2.30 bits per heavy atom. The minimum absolute atomic E-state index is 0.904. The number of hydrogen-bond donors (Lipinski definition) is 1. The average molecular weight is 243 g/mol. The van der Waals surface area contributed by atoms with E-state index in [1.165, 1.54) is 0 Å². The maximum Gasteiger partial charge on any atom is 0.0560 e. The topological polar surface area (TPSA) is 12.0 Å². The predicted molar refractivity (Wildman–Crippen MR) is 52.0 cm³/mol. The van der Waals surface area contributed by atoms with Crippen LogP contribution in [0.1, 0.15) is 5.56 Å². The van der Waals surface area contributed by atoms with E-state index in [2.05, 4.69) is 32.3 Å². The average Bonchev–Trinajstić information content (AvgIpc) is 2.05. The summed E-state index contributed by atoms with van der Waals surface area (Å²) in [6, 6.07) is 7.72. The monoisotopic (exact) mass is 243 g/mol. The molecule has 0 aliphatic carbocycles. The van der Waals surface area contributed by atoms with Crippen molar-refractivity contribution in [3.63, 3.8) is 0 Å². The summed E-state index contributed by atoms with van der Waals surface area (Å²) in [4.78, 5) is 0. The zero-order chi connectivity index (χ0) is 7.40. The molecule has 2 heteroatoms. The number of benzene rings is 1. The van der Waals surface area contributed by atoms with Crippen LogP contribution < -0.4 is 3.53 Å². The van der Waals surface area contributed by atoms with E-state index in [1.807, 2.05) is 24.3 Å². The van der Waals surface area contributed by atoms with Gasteiger partial charge in [0.1, 0.15) is 0 Å². The summed E-state index contributed by atoms with van der Waals surface area (Å²) in [5.41, 5.74) is 1.94. The van der Waals surface area contributed by atoms with Crippen molar-refractivity contribution in [3.8, 4) is 12.3 Å². The lowest BCUT2D eigenvalue weighted by atomic mass is 10.2. The lowest BCUT2D eigenvalue weighted by molar-refractivity contribution is 1.64. The maximum absolute atomic E-state index is 5.19. The Bertz CT molecular complexity index is 262. The van der Waals surface area contributed by atoms with Crippen LogP contribution in [0.25, 0.3) is 0 Å². The number of hydrogen-bond acceptors (Lipinski definition) is 1. The second kappa shape index (κ2) is 3.47. The Morgan fingerprint density at radius 3 is 2.90 bits per heavy atom. The molecule has 0 spiro atoms. The molecule has 0 fully saturated rings. The van der Waals surface area contributed by atoms with Crippen molar-refractivity contribution in [3.05, 3.63) is 29.8 Å². The van der Waals surface area contributed by atoms with Crippen molar-refractivity contribution in [2.75, 3.05) is 3.53 Å². The number of terminal acetylenes is 1. The molecule has 1 aromatic carbocycles. The Morgan fingerprint density at radius 1 is 1.50 bits per heavy atom. The van der Waals surface area contributed by atoms with Crippen LogP contribution in [0.4, 0.5) is 5.69 Å². The van der Waals surface area contributed by atoms with E-state index in [0.717, 1.165) is 11.3 Å². The first-order chi connectivity index (χ1) is 4.86. The summed E-state index contributed by atoms with van der Waals surface area (Å²) in [6.07, 6.45) is 5.19. The third-order valence-electron chi connectivity index (χ3n) is 1.14. The normalized spacial score (nSPS) is 8.40. The highest BCUT2D eigenvalue weighted by molar-refractivity contribution is 14.1. The van der Waals surface area contributed by atoms with Gasteiger partial charge in [-0.05, 0) is 18.2 Å². The third-order valence-corrected chi connectivity index (χ3v) is 1.76. The first-order valence-corrected chi connectivity index (χ1v) is 3.88. The van der Waals surface area contributed by atoms with Gasteiger partial charge in [-0.15, -0.1) is 6.42 Å². The summed E-state index contributed by atoms with van der Waals surface area (Å²) in [7, 11) is 0. The summed E-state index contributed by atoms with van der Waals surface area (Å²) >= 11 is 2.07. The molecule has 0 saturated heterocycles. The molecule has 0 saturated carbocycles. The molecule has 0 amide bonds. The molecule has 0 atom stereocenters. The quantitative estimate of drug-likeness (QED) is 0.453. The van der Waals surface area contributed by atoms with Crippen LogP contribution in [0, 0.1) is 12.3 Å². The summed E-state index contributed by atoms with van der Waals surface area (Å²) < 4.78 is 2.98. The van der Waals surface area contributed by atoms with E-state index in [0.29, 0.717) is 0 Å². The van der Waals surface area contributed by atoms with Gasteiger partial charge < -0.3 is 3.53 Å². The van der Waals surface area contributed by atoms with Gasteiger partial charge in [-0.1, -0.05) is 12.0 Å². The van der Waals surface area contributed by atoms with Gasteiger partial charge in [-0.2, -0.15) is 0 Å². The van der Waals surface area contributed by atoms with Crippen molar-refractivity contribution >= 4 is 28.6 Å². The number of halogens is 1. The zero-order valence-electron chi connectivity index (χ0n) is 5.26. The highest BCUT2D eigenvalue weighted by atomic mass is 127. The maximum atomic E-state index is 5.19. The molecule has 0 bridgehead atoms. The summed E-state index contributed by atoms with van der Waals surface area (Å²) in [6.45, 7) is 0. The summed E-state index contributed by atoms with van der Waals surface area (Å²) in [5, 5.41) is 0. The fraction of sp³-hybridized carbons (Fsp3) is 0. The van der Waals surface area contributed by atoms with E-state index in [-0.39, 0.29) is 0 Å². The van der Waals surface area contributed by atoms with Crippen molar-refractivity contribution in [1.82, 2.24) is 0 Å². The van der Waals surface area contributed by atoms with Crippen LogP contribution >= 0.6 is 22.9 Å². The van der Waals surface area contributed by atoms with E-state index < -0.39 is 0 Å². The molecule has 0 radical (unpaired) electrons. The van der Waals surface area contributed by atoms with Gasteiger partial charge in [0.15, 0.2) is 0 Å². The largest absolute Gasteiger partial charge is 0.328 e. The Kier molecular flexibility index (Phi) is 2.57. The molecule has 0 aliphatic rings. The highest BCUT2D eigenvalue weighted by Gasteiger charge is 1.88. The van der Waals surface area contributed by atoms with Crippen molar-refractivity contribution in [1.29, 1.82) is 0 Å². The van der Waals surface area contributed by atoms with Gasteiger partial charge in [0.05, 0.1) is 22.9 Å².